The zero-order chi connectivity index (χ0) is 21.7. The second-order valence-corrected chi connectivity index (χ2v) is 9.63. The Balaban J connectivity index is 1.64. The second-order valence-electron chi connectivity index (χ2n) is 7.05. The molecular formula is C22H22ClN3O2S2. The summed E-state index contributed by atoms with van der Waals surface area (Å²) in [6.45, 7) is 5.73. The molecule has 0 aliphatic carbocycles. The highest BCUT2D eigenvalue weighted by Gasteiger charge is 2.25. The Morgan fingerprint density at radius 3 is 2.40 bits per heavy atom. The number of carbonyl (C=O) groups excluding carboxylic acids is 2. The van der Waals surface area contributed by atoms with Gasteiger partial charge in [0, 0.05) is 21.7 Å². The molecule has 2 N–H and O–H groups in total. The van der Waals surface area contributed by atoms with Gasteiger partial charge in [-0.15, -0.1) is 11.3 Å². The molecule has 2 amide bonds. The van der Waals surface area contributed by atoms with E-state index in [2.05, 4.69) is 15.6 Å². The van der Waals surface area contributed by atoms with Gasteiger partial charge in [0.15, 0.2) is 4.34 Å². The highest BCUT2D eigenvalue weighted by Crippen LogP contribution is 2.30. The molecular weight excluding hydrogens is 438 g/mol. The summed E-state index contributed by atoms with van der Waals surface area (Å²) in [6, 6.07) is 13.6. The number of nitrogens with one attached hydrogen (secondary N) is 2. The van der Waals surface area contributed by atoms with E-state index in [1.807, 2.05) is 50.4 Å². The van der Waals surface area contributed by atoms with Crippen LogP contribution in [0, 0.1) is 12.8 Å². The maximum absolute atomic E-state index is 12.8. The van der Waals surface area contributed by atoms with Crippen LogP contribution < -0.4 is 10.6 Å². The van der Waals surface area contributed by atoms with Crippen LogP contribution >= 0.6 is 34.7 Å². The van der Waals surface area contributed by atoms with Crippen LogP contribution in [0.2, 0.25) is 5.02 Å². The molecule has 1 heterocycles. The third kappa shape index (κ3) is 5.84. The number of nitrogens with zero attached hydrogens (tertiary/aromatic N) is 1. The minimum absolute atomic E-state index is 0.0978. The average Bonchev–Trinajstić information content (AvgIpc) is 3.12. The number of carbonyl (C=O) groups is 2. The smallest absolute Gasteiger partial charge is 0.253 e. The number of thiazole rings is 1. The van der Waals surface area contributed by atoms with Gasteiger partial charge in [0.25, 0.3) is 5.91 Å². The number of anilines is 1. The van der Waals surface area contributed by atoms with Crippen molar-refractivity contribution in [1.29, 1.82) is 0 Å². The summed E-state index contributed by atoms with van der Waals surface area (Å²) >= 11 is 9.28. The van der Waals surface area contributed by atoms with Gasteiger partial charge in [0.2, 0.25) is 5.91 Å². The zero-order valence-electron chi connectivity index (χ0n) is 16.8. The second kappa shape index (κ2) is 10.1. The maximum Gasteiger partial charge on any atom is 0.253 e. The number of aromatic nitrogens is 1. The van der Waals surface area contributed by atoms with Crippen molar-refractivity contribution in [2.24, 2.45) is 5.92 Å². The van der Waals surface area contributed by atoms with Crippen LogP contribution in [0.3, 0.4) is 0 Å². The van der Waals surface area contributed by atoms with Crippen molar-refractivity contribution in [2.75, 3.05) is 5.32 Å². The molecule has 0 aliphatic heterocycles. The third-order valence-electron chi connectivity index (χ3n) is 4.28. The lowest BCUT2D eigenvalue weighted by Gasteiger charge is -2.22. The monoisotopic (exact) mass is 459 g/mol. The molecule has 0 radical (unpaired) electrons. The summed E-state index contributed by atoms with van der Waals surface area (Å²) in [5.74, 6) is -0.749. The number of hydrogen-bond donors (Lipinski definition) is 2. The van der Waals surface area contributed by atoms with Gasteiger partial charge in [-0.25, -0.2) is 4.98 Å². The summed E-state index contributed by atoms with van der Waals surface area (Å²) in [5, 5.41) is 8.04. The molecule has 1 unspecified atom stereocenters. The minimum atomic E-state index is -0.693. The van der Waals surface area contributed by atoms with Crippen molar-refractivity contribution >= 4 is 52.2 Å². The van der Waals surface area contributed by atoms with E-state index in [0.717, 1.165) is 14.9 Å². The fraction of sp³-hybridized carbons (Fsp3) is 0.227. The first-order valence-electron chi connectivity index (χ1n) is 9.40. The first-order chi connectivity index (χ1) is 14.3. The van der Waals surface area contributed by atoms with Gasteiger partial charge in [0.05, 0.1) is 10.6 Å². The van der Waals surface area contributed by atoms with E-state index in [1.165, 1.54) is 0 Å². The van der Waals surface area contributed by atoms with E-state index in [0.29, 0.717) is 16.3 Å². The number of rotatable bonds is 7. The van der Waals surface area contributed by atoms with Crippen molar-refractivity contribution < 1.29 is 9.59 Å². The lowest BCUT2D eigenvalue weighted by molar-refractivity contribution is -0.118. The van der Waals surface area contributed by atoms with Crippen molar-refractivity contribution in [2.45, 2.75) is 36.0 Å². The molecule has 0 saturated carbocycles. The van der Waals surface area contributed by atoms with Crippen LogP contribution in [0.1, 0.15) is 29.9 Å². The molecule has 8 heteroatoms. The highest BCUT2D eigenvalue weighted by molar-refractivity contribution is 8.01. The number of aryl methyl sites for hydroxylation is 1. The number of benzene rings is 2. The molecule has 30 heavy (non-hydrogen) atoms. The largest absolute Gasteiger partial charge is 0.340 e. The molecule has 0 fully saturated rings. The van der Waals surface area contributed by atoms with Gasteiger partial charge in [0.1, 0.15) is 6.04 Å². The van der Waals surface area contributed by atoms with Gasteiger partial charge in [-0.1, -0.05) is 49.3 Å². The van der Waals surface area contributed by atoms with Crippen LogP contribution in [0.15, 0.2) is 63.1 Å². The normalized spacial score (nSPS) is 11.9. The Hall–Kier alpha value is -2.35. The van der Waals surface area contributed by atoms with E-state index in [-0.39, 0.29) is 17.7 Å². The van der Waals surface area contributed by atoms with Crippen molar-refractivity contribution in [1.82, 2.24) is 10.3 Å². The van der Waals surface area contributed by atoms with Crippen LogP contribution in [-0.2, 0) is 4.79 Å². The quantitative estimate of drug-likeness (QED) is 0.479. The summed E-state index contributed by atoms with van der Waals surface area (Å²) < 4.78 is 0.978. The molecule has 1 atom stereocenters. The van der Waals surface area contributed by atoms with Gasteiger partial charge >= 0.3 is 0 Å². The Labute approximate surface area is 189 Å². The van der Waals surface area contributed by atoms with Crippen LogP contribution in [-0.4, -0.2) is 22.8 Å². The third-order valence-corrected chi connectivity index (χ3v) is 6.67. The lowest BCUT2D eigenvalue weighted by atomic mass is 10.0. The van der Waals surface area contributed by atoms with Gasteiger partial charge in [-0.3, -0.25) is 9.59 Å². The minimum Gasteiger partial charge on any atom is -0.340 e. The summed E-state index contributed by atoms with van der Waals surface area (Å²) in [7, 11) is 0. The molecule has 0 saturated heterocycles. The van der Waals surface area contributed by atoms with E-state index in [1.54, 1.807) is 47.4 Å². The van der Waals surface area contributed by atoms with Gasteiger partial charge in [-0.05, 0) is 49.2 Å². The summed E-state index contributed by atoms with van der Waals surface area (Å²) in [5.41, 5.74) is 2.01. The molecule has 0 aliphatic rings. The molecule has 0 bridgehead atoms. The fourth-order valence-electron chi connectivity index (χ4n) is 2.71. The Morgan fingerprint density at radius 2 is 1.80 bits per heavy atom. The van der Waals surface area contributed by atoms with Crippen molar-refractivity contribution in [3.63, 3.8) is 0 Å². The van der Waals surface area contributed by atoms with Crippen molar-refractivity contribution in [3.8, 4) is 0 Å². The summed E-state index contributed by atoms with van der Waals surface area (Å²) in [6.07, 6.45) is 0. The van der Waals surface area contributed by atoms with Gasteiger partial charge in [-0.2, -0.15) is 0 Å². The average molecular weight is 460 g/mol. The Morgan fingerprint density at radius 1 is 1.10 bits per heavy atom. The van der Waals surface area contributed by atoms with E-state index in [9.17, 15) is 9.59 Å². The summed E-state index contributed by atoms with van der Waals surface area (Å²) in [4.78, 5) is 30.9. The van der Waals surface area contributed by atoms with Gasteiger partial charge < -0.3 is 10.6 Å². The number of amides is 2. The van der Waals surface area contributed by atoms with Crippen LogP contribution in [0.4, 0.5) is 5.69 Å². The standard InChI is InChI=1S/C22H22ClN3O2S2/c1-13(2)19(26-20(27)17-6-4-5-7-18(17)23)21(28)25-15-8-10-16(11-9-15)30-22-24-14(3)12-29-22/h4-13,19H,1-3H3,(H,25,28)(H,26,27). The first kappa shape index (κ1) is 22.3. The van der Waals surface area contributed by atoms with E-state index < -0.39 is 6.04 Å². The molecule has 1 aromatic heterocycles. The SMILES string of the molecule is Cc1csc(Sc2ccc(NC(=O)C(NC(=O)c3ccccc3Cl)C(C)C)cc2)n1. The predicted molar refractivity (Wildman–Crippen MR) is 124 cm³/mol. The lowest BCUT2D eigenvalue weighted by Crippen LogP contribution is -2.47. The number of halogens is 1. The molecule has 2 aromatic carbocycles. The molecule has 3 aromatic rings. The van der Waals surface area contributed by atoms with Crippen LogP contribution in [0.25, 0.3) is 0 Å². The zero-order valence-corrected chi connectivity index (χ0v) is 19.2. The van der Waals surface area contributed by atoms with Crippen molar-refractivity contribution in [3.05, 3.63) is 70.2 Å². The topological polar surface area (TPSA) is 71.1 Å². The Bertz CT molecular complexity index is 1030. The maximum atomic E-state index is 12.8. The Kier molecular flexibility index (Phi) is 7.53. The number of hydrogen-bond acceptors (Lipinski definition) is 5. The van der Waals surface area contributed by atoms with Crippen LogP contribution in [0.5, 0.6) is 0 Å². The fourth-order valence-corrected chi connectivity index (χ4v) is 4.74. The molecule has 156 valence electrons. The predicted octanol–water partition coefficient (Wildman–Crippen LogP) is 5.65. The van der Waals surface area contributed by atoms with E-state index >= 15 is 0 Å². The van der Waals surface area contributed by atoms with E-state index in [4.69, 9.17) is 11.6 Å². The molecule has 0 spiro atoms. The first-order valence-corrected chi connectivity index (χ1v) is 11.5. The molecule has 3 rings (SSSR count). The molecule has 5 nitrogen and oxygen atoms in total. The highest BCUT2D eigenvalue weighted by atomic mass is 35.5.